The van der Waals surface area contributed by atoms with E-state index < -0.39 is 0 Å². The third-order valence-electron chi connectivity index (χ3n) is 10.5. The predicted octanol–water partition coefficient (Wildman–Crippen LogP) is 15.2. The molecule has 0 saturated heterocycles. The largest absolute Gasteiger partial charge is 0.456 e. The summed E-state index contributed by atoms with van der Waals surface area (Å²) in [7, 11) is 0. The van der Waals surface area contributed by atoms with E-state index in [0.29, 0.717) is 0 Å². The fourth-order valence-corrected chi connectivity index (χ4v) is 8.83. The van der Waals surface area contributed by atoms with Crippen LogP contribution in [-0.2, 0) is 0 Å². The van der Waals surface area contributed by atoms with Gasteiger partial charge in [0.15, 0.2) is 0 Å². The zero-order valence-electron chi connectivity index (χ0n) is 29.1. The highest BCUT2D eigenvalue weighted by molar-refractivity contribution is 7.22. The molecule has 3 nitrogen and oxygen atoms in total. The lowest BCUT2D eigenvalue weighted by Crippen LogP contribution is -2.09. The highest BCUT2D eigenvalue weighted by atomic mass is 32.1. The van der Waals surface area contributed by atoms with Crippen molar-refractivity contribution in [2.45, 2.75) is 0 Å². The van der Waals surface area contributed by atoms with E-state index in [4.69, 9.17) is 8.83 Å². The number of rotatable bonds is 6. The minimum Gasteiger partial charge on any atom is -0.456 e. The topological polar surface area (TPSA) is 29.5 Å². The van der Waals surface area contributed by atoms with E-state index in [-0.39, 0.29) is 0 Å². The SMILES string of the molecule is c1ccc2sc(-c3ccc(N(c4ccc(-c5ccc6oc7ccccc7c6c5)cc4)c4ccc(-c5ccc6oc7ccccc7c6c5)cc4)cc3)cc2c1. The average Bonchev–Trinajstić information content (AvgIpc) is 3.95. The van der Waals surface area contributed by atoms with Gasteiger partial charge < -0.3 is 13.7 Å². The molecule has 254 valence electrons. The number of thiophene rings is 1. The first kappa shape index (κ1) is 30.7. The van der Waals surface area contributed by atoms with Gasteiger partial charge in [-0.1, -0.05) is 103 Å². The highest BCUT2D eigenvalue weighted by Crippen LogP contribution is 2.41. The van der Waals surface area contributed by atoms with Crippen LogP contribution in [0.4, 0.5) is 17.1 Å². The van der Waals surface area contributed by atoms with Crippen LogP contribution in [0.1, 0.15) is 0 Å². The Morgan fingerprint density at radius 3 is 1.28 bits per heavy atom. The molecule has 4 heteroatoms. The van der Waals surface area contributed by atoms with E-state index in [2.05, 4.69) is 169 Å². The van der Waals surface area contributed by atoms with Crippen molar-refractivity contribution in [3.05, 3.63) is 188 Å². The van der Waals surface area contributed by atoms with Crippen LogP contribution in [0.15, 0.2) is 197 Å². The van der Waals surface area contributed by atoms with Gasteiger partial charge in [-0.25, -0.2) is 0 Å². The van der Waals surface area contributed by atoms with Crippen LogP contribution in [0.3, 0.4) is 0 Å². The molecule has 0 radical (unpaired) electrons. The van der Waals surface area contributed by atoms with Gasteiger partial charge in [-0.3, -0.25) is 0 Å². The summed E-state index contributed by atoms with van der Waals surface area (Å²) in [6, 6.07) is 67.0. The van der Waals surface area contributed by atoms with E-state index in [1.807, 2.05) is 35.6 Å². The van der Waals surface area contributed by atoms with Gasteiger partial charge in [-0.2, -0.15) is 0 Å². The fourth-order valence-electron chi connectivity index (χ4n) is 7.76. The minimum atomic E-state index is 0.906. The van der Waals surface area contributed by atoms with Crippen molar-refractivity contribution in [2.24, 2.45) is 0 Å². The number of fused-ring (bicyclic) bond motifs is 7. The summed E-state index contributed by atoms with van der Waals surface area (Å²) < 4.78 is 13.5. The Bertz CT molecular complexity index is 2960. The summed E-state index contributed by atoms with van der Waals surface area (Å²) in [6.07, 6.45) is 0. The van der Waals surface area contributed by atoms with Crippen LogP contribution in [-0.4, -0.2) is 0 Å². The molecule has 0 N–H and O–H groups in total. The number of benzene rings is 8. The standard InChI is InChI=1S/C50H31NO2S/c1-6-12-49-37(7-1)31-50(54-49)34-17-25-40(26-18-34)51(38-21-13-32(14-22-38)35-19-27-47-43(29-35)41-8-2-4-10-45(41)52-47)39-23-15-33(16-24-39)36-20-28-48-44(30-36)42-9-3-5-11-46(42)53-48/h1-31H. The van der Waals surface area contributed by atoms with Crippen molar-refractivity contribution < 1.29 is 8.83 Å². The Morgan fingerprint density at radius 1 is 0.333 bits per heavy atom. The summed E-state index contributed by atoms with van der Waals surface area (Å²) in [6.45, 7) is 0. The molecule has 0 aliphatic carbocycles. The average molecular weight is 710 g/mol. The minimum absolute atomic E-state index is 0.906. The Hall–Kier alpha value is -6.88. The second-order valence-corrected chi connectivity index (χ2v) is 14.8. The molecule has 8 aromatic carbocycles. The predicted molar refractivity (Wildman–Crippen MR) is 227 cm³/mol. The van der Waals surface area contributed by atoms with Gasteiger partial charge >= 0.3 is 0 Å². The molecule has 0 saturated carbocycles. The first-order valence-corrected chi connectivity index (χ1v) is 19.0. The van der Waals surface area contributed by atoms with E-state index in [0.717, 1.165) is 83.2 Å². The molecule has 11 rings (SSSR count). The van der Waals surface area contributed by atoms with E-state index in [1.54, 1.807) is 0 Å². The van der Waals surface area contributed by atoms with Gasteiger partial charge in [0.05, 0.1) is 0 Å². The van der Waals surface area contributed by atoms with Crippen LogP contribution in [0.25, 0.3) is 86.7 Å². The Balaban J connectivity index is 0.970. The van der Waals surface area contributed by atoms with Crippen molar-refractivity contribution in [1.82, 2.24) is 0 Å². The maximum absolute atomic E-state index is 6.10. The Kier molecular flexibility index (Phi) is 7.04. The van der Waals surface area contributed by atoms with Crippen molar-refractivity contribution in [3.8, 4) is 32.7 Å². The van der Waals surface area contributed by atoms with Crippen LogP contribution in [0, 0.1) is 0 Å². The lowest BCUT2D eigenvalue weighted by atomic mass is 10.0. The Labute approximate surface area is 315 Å². The zero-order chi connectivity index (χ0) is 35.6. The number of hydrogen-bond acceptors (Lipinski definition) is 4. The molecule has 54 heavy (non-hydrogen) atoms. The highest BCUT2D eigenvalue weighted by Gasteiger charge is 2.16. The summed E-state index contributed by atoms with van der Waals surface area (Å²) >= 11 is 1.83. The number of furan rings is 2. The molecule has 3 heterocycles. The second-order valence-electron chi connectivity index (χ2n) is 13.7. The monoisotopic (exact) mass is 709 g/mol. The fraction of sp³-hybridized carbons (Fsp3) is 0. The van der Waals surface area contributed by atoms with Crippen molar-refractivity contribution in [2.75, 3.05) is 4.90 Å². The van der Waals surface area contributed by atoms with Crippen molar-refractivity contribution in [1.29, 1.82) is 0 Å². The van der Waals surface area contributed by atoms with Crippen molar-refractivity contribution >= 4 is 82.4 Å². The summed E-state index contributed by atoms with van der Waals surface area (Å²) in [5.41, 5.74) is 12.8. The molecule has 0 fully saturated rings. The molecule has 0 aliphatic heterocycles. The van der Waals surface area contributed by atoms with Gasteiger partial charge in [0.2, 0.25) is 0 Å². The van der Waals surface area contributed by atoms with Gasteiger partial charge in [-0.05, 0) is 118 Å². The normalized spacial score (nSPS) is 11.7. The van der Waals surface area contributed by atoms with Crippen molar-refractivity contribution in [3.63, 3.8) is 0 Å². The van der Waals surface area contributed by atoms with Crippen LogP contribution in [0.5, 0.6) is 0 Å². The van der Waals surface area contributed by atoms with Gasteiger partial charge in [0.25, 0.3) is 0 Å². The third-order valence-corrected chi connectivity index (χ3v) is 11.7. The molecule has 0 unspecified atom stereocenters. The maximum Gasteiger partial charge on any atom is 0.135 e. The van der Waals surface area contributed by atoms with E-state index >= 15 is 0 Å². The molecule has 0 bridgehead atoms. The number of para-hydroxylation sites is 2. The number of hydrogen-bond donors (Lipinski definition) is 0. The van der Waals surface area contributed by atoms with Gasteiger partial charge in [0.1, 0.15) is 22.3 Å². The zero-order valence-corrected chi connectivity index (χ0v) is 29.9. The first-order chi connectivity index (χ1) is 26.7. The molecular weight excluding hydrogens is 679 g/mol. The molecule has 0 atom stereocenters. The molecule has 3 aromatic heterocycles. The first-order valence-electron chi connectivity index (χ1n) is 18.1. The lowest BCUT2D eigenvalue weighted by molar-refractivity contribution is 0.668. The Morgan fingerprint density at radius 2 is 0.759 bits per heavy atom. The molecule has 0 spiro atoms. The number of nitrogens with zero attached hydrogens (tertiary/aromatic N) is 1. The summed E-state index contributed by atoms with van der Waals surface area (Å²) in [5.74, 6) is 0. The quantitative estimate of drug-likeness (QED) is 0.172. The number of anilines is 3. The van der Waals surface area contributed by atoms with Gasteiger partial charge in [0, 0.05) is 48.2 Å². The summed E-state index contributed by atoms with van der Waals surface area (Å²) in [5, 5.41) is 5.82. The van der Waals surface area contributed by atoms with Crippen LogP contribution < -0.4 is 4.90 Å². The van der Waals surface area contributed by atoms with Crippen LogP contribution in [0.2, 0.25) is 0 Å². The maximum atomic E-state index is 6.10. The summed E-state index contributed by atoms with van der Waals surface area (Å²) in [4.78, 5) is 3.61. The van der Waals surface area contributed by atoms with E-state index in [1.165, 1.54) is 20.5 Å². The van der Waals surface area contributed by atoms with E-state index in [9.17, 15) is 0 Å². The third kappa shape index (κ3) is 5.19. The second kappa shape index (κ2) is 12.4. The van der Waals surface area contributed by atoms with Gasteiger partial charge in [-0.15, -0.1) is 11.3 Å². The van der Waals surface area contributed by atoms with Crippen LogP contribution >= 0.6 is 11.3 Å². The lowest BCUT2D eigenvalue weighted by Gasteiger charge is -2.26. The molecule has 0 aliphatic rings. The molecule has 0 amide bonds. The molecular formula is C50H31NO2S. The molecule has 11 aromatic rings. The smallest absolute Gasteiger partial charge is 0.135 e.